The second kappa shape index (κ2) is 10.7. The van der Waals surface area contributed by atoms with Gasteiger partial charge in [0.05, 0.1) is 5.69 Å². The number of nitrogens with zero attached hydrogens (tertiary/aromatic N) is 1. The van der Waals surface area contributed by atoms with Crippen LogP contribution in [0.25, 0.3) is 11.1 Å². The Morgan fingerprint density at radius 1 is 0.935 bits per heavy atom. The van der Waals surface area contributed by atoms with Gasteiger partial charge in [-0.3, -0.25) is 9.78 Å². The van der Waals surface area contributed by atoms with Gasteiger partial charge in [0.25, 0.3) is 0 Å². The molecule has 0 saturated carbocycles. The van der Waals surface area contributed by atoms with Gasteiger partial charge in [-0.1, -0.05) is 61.5 Å². The molecule has 1 heterocycles. The second-order valence-corrected chi connectivity index (χ2v) is 8.07. The van der Waals surface area contributed by atoms with E-state index in [0.29, 0.717) is 12.2 Å². The summed E-state index contributed by atoms with van der Waals surface area (Å²) in [6.45, 7) is 9.93. The number of ketones is 1. The third kappa shape index (κ3) is 6.14. The van der Waals surface area contributed by atoms with Crippen molar-refractivity contribution in [2.45, 2.75) is 52.9 Å². The van der Waals surface area contributed by atoms with E-state index in [9.17, 15) is 4.79 Å². The van der Waals surface area contributed by atoms with Gasteiger partial charge in [0, 0.05) is 18.2 Å². The van der Waals surface area contributed by atoms with Crippen molar-refractivity contribution in [1.29, 1.82) is 0 Å². The lowest BCUT2D eigenvalue weighted by Crippen LogP contribution is -2.09. The van der Waals surface area contributed by atoms with Crippen molar-refractivity contribution < 1.29 is 9.53 Å². The van der Waals surface area contributed by atoms with Gasteiger partial charge in [0.15, 0.2) is 11.5 Å². The minimum absolute atomic E-state index is 0.0448. The zero-order chi connectivity index (χ0) is 22.2. The Bertz CT molecular complexity index is 1030. The molecule has 1 aromatic heterocycles. The van der Waals surface area contributed by atoms with Crippen molar-refractivity contribution >= 4 is 5.78 Å². The second-order valence-electron chi connectivity index (χ2n) is 8.07. The molecular weight excluding hydrogens is 382 g/mol. The molecule has 0 spiro atoms. The van der Waals surface area contributed by atoms with Crippen LogP contribution in [0.3, 0.4) is 0 Å². The van der Waals surface area contributed by atoms with E-state index < -0.39 is 0 Å². The van der Waals surface area contributed by atoms with Gasteiger partial charge in [-0.25, -0.2) is 0 Å². The minimum atomic E-state index is -0.0448. The highest BCUT2D eigenvalue weighted by Gasteiger charge is 2.14. The number of rotatable bonds is 10. The molecule has 3 aromatic rings. The molecule has 0 unspecified atom stereocenters. The van der Waals surface area contributed by atoms with Crippen LogP contribution < -0.4 is 4.74 Å². The Labute approximate surface area is 185 Å². The molecule has 160 valence electrons. The Hall–Kier alpha value is -3.20. The molecule has 0 fully saturated rings. The summed E-state index contributed by atoms with van der Waals surface area (Å²) in [5.74, 6) is 0.728. The van der Waals surface area contributed by atoms with Crippen LogP contribution in [-0.4, -0.2) is 10.8 Å². The molecule has 2 aromatic carbocycles. The number of pyridine rings is 1. The van der Waals surface area contributed by atoms with Crippen LogP contribution >= 0.6 is 0 Å². The zero-order valence-corrected chi connectivity index (χ0v) is 18.8. The third-order valence-corrected chi connectivity index (χ3v) is 5.57. The predicted octanol–water partition coefficient (Wildman–Crippen LogP) is 6.94. The maximum atomic E-state index is 12.5. The minimum Gasteiger partial charge on any atom is -0.452 e. The summed E-state index contributed by atoms with van der Waals surface area (Å²) < 4.78 is 5.87. The van der Waals surface area contributed by atoms with Crippen molar-refractivity contribution in [2.24, 2.45) is 0 Å². The van der Waals surface area contributed by atoms with Gasteiger partial charge in [-0.05, 0) is 68.4 Å². The normalized spacial score (nSPS) is 10.7. The van der Waals surface area contributed by atoms with E-state index in [1.165, 1.54) is 16.7 Å². The number of carbonyl (C=O) groups is 1. The van der Waals surface area contributed by atoms with Crippen molar-refractivity contribution in [3.8, 4) is 16.9 Å². The summed E-state index contributed by atoms with van der Waals surface area (Å²) in [6, 6.07) is 18.6. The number of unbranched alkanes of at least 4 members (excludes halogenated alkanes) is 2. The molecule has 0 bridgehead atoms. The number of benzene rings is 2. The van der Waals surface area contributed by atoms with E-state index in [4.69, 9.17) is 4.74 Å². The van der Waals surface area contributed by atoms with Crippen molar-refractivity contribution in [1.82, 2.24) is 4.98 Å². The highest BCUT2D eigenvalue weighted by Crippen LogP contribution is 2.31. The fourth-order valence-corrected chi connectivity index (χ4v) is 3.79. The number of hydrogen-bond donors (Lipinski definition) is 0. The molecule has 0 aliphatic carbocycles. The van der Waals surface area contributed by atoms with Gasteiger partial charge in [-0.2, -0.15) is 0 Å². The first-order valence-electron chi connectivity index (χ1n) is 10.9. The van der Waals surface area contributed by atoms with Crippen molar-refractivity contribution in [3.05, 3.63) is 95.5 Å². The van der Waals surface area contributed by atoms with Crippen LogP contribution in [0.2, 0.25) is 0 Å². The number of carbonyl (C=O) groups excluding carboxylic acids is 1. The predicted molar refractivity (Wildman–Crippen MR) is 127 cm³/mol. The summed E-state index contributed by atoms with van der Waals surface area (Å²) in [5.41, 5.74) is 6.58. The Kier molecular flexibility index (Phi) is 7.77. The molecule has 0 aliphatic rings. The molecule has 0 amide bonds. The van der Waals surface area contributed by atoms with Gasteiger partial charge in [0.1, 0.15) is 5.75 Å². The fourth-order valence-electron chi connectivity index (χ4n) is 3.79. The molecule has 3 nitrogen and oxygen atoms in total. The van der Waals surface area contributed by atoms with Gasteiger partial charge < -0.3 is 4.74 Å². The van der Waals surface area contributed by atoms with Crippen LogP contribution in [0.1, 0.15) is 48.1 Å². The number of aryl methyl sites for hydroxylation is 4. The van der Waals surface area contributed by atoms with E-state index in [-0.39, 0.29) is 11.5 Å². The molecule has 0 aliphatic heterocycles. The van der Waals surface area contributed by atoms with Gasteiger partial charge >= 0.3 is 0 Å². The lowest BCUT2D eigenvalue weighted by Gasteiger charge is -2.14. The van der Waals surface area contributed by atoms with E-state index >= 15 is 0 Å². The summed E-state index contributed by atoms with van der Waals surface area (Å²) in [7, 11) is 0. The average Bonchev–Trinajstić information content (AvgIpc) is 2.76. The van der Waals surface area contributed by atoms with Gasteiger partial charge in [0.2, 0.25) is 0 Å². The van der Waals surface area contributed by atoms with Crippen LogP contribution in [0, 0.1) is 20.8 Å². The molecule has 0 N–H and O–H groups in total. The van der Waals surface area contributed by atoms with Crippen LogP contribution in [0.15, 0.2) is 73.1 Å². The zero-order valence-electron chi connectivity index (χ0n) is 18.8. The quantitative estimate of drug-likeness (QED) is 0.205. The summed E-state index contributed by atoms with van der Waals surface area (Å²) in [4.78, 5) is 17.0. The molecule has 3 rings (SSSR count). The molecule has 0 saturated heterocycles. The molecule has 31 heavy (non-hydrogen) atoms. The first-order chi connectivity index (χ1) is 15.0. The van der Waals surface area contributed by atoms with E-state index in [1.807, 2.05) is 31.3 Å². The Morgan fingerprint density at radius 2 is 1.65 bits per heavy atom. The highest BCUT2D eigenvalue weighted by molar-refractivity contribution is 5.93. The van der Waals surface area contributed by atoms with Crippen LogP contribution in [0.4, 0.5) is 0 Å². The first-order valence-corrected chi connectivity index (χ1v) is 10.9. The van der Waals surface area contributed by atoms with E-state index in [0.717, 1.165) is 42.5 Å². The smallest absolute Gasteiger partial charge is 0.197 e. The molecule has 3 heteroatoms. The van der Waals surface area contributed by atoms with Gasteiger partial charge in [-0.15, -0.1) is 0 Å². The lowest BCUT2D eigenvalue weighted by molar-refractivity contribution is -0.117. The largest absolute Gasteiger partial charge is 0.452 e. The highest BCUT2D eigenvalue weighted by atomic mass is 16.5. The SMILES string of the molecule is C=C(Oc1cc(-c2c(C)cccc2C)cnc1C)C(=O)CCCCCc1ccccc1. The van der Waals surface area contributed by atoms with Crippen LogP contribution in [0.5, 0.6) is 5.75 Å². The van der Waals surface area contributed by atoms with Crippen molar-refractivity contribution in [2.75, 3.05) is 0 Å². The summed E-state index contributed by atoms with van der Waals surface area (Å²) in [5, 5.41) is 0. The Morgan fingerprint density at radius 3 is 2.35 bits per heavy atom. The van der Waals surface area contributed by atoms with E-state index in [1.54, 1.807) is 0 Å². The number of ether oxygens (including phenoxy) is 1. The first kappa shape index (κ1) is 22.5. The lowest BCUT2D eigenvalue weighted by atomic mass is 9.97. The topological polar surface area (TPSA) is 39.2 Å². The molecule has 0 radical (unpaired) electrons. The van der Waals surface area contributed by atoms with Crippen LogP contribution in [-0.2, 0) is 11.2 Å². The Balaban J connectivity index is 1.55. The summed E-state index contributed by atoms with van der Waals surface area (Å²) in [6.07, 6.45) is 6.28. The number of hydrogen-bond acceptors (Lipinski definition) is 3. The number of Topliss-reactive ketones (excluding diaryl/α,β-unsaturated/α-hetero) is 1. The maximum absolute atomic E-state index is 12.5. The summed E-state index contributed by atoms with van der Waals surface area (Å²) >= 11 is 0. The average molecular weight is 414 g/mol. The number of aromatic nitrogens is 1. The van der Waals surface area contributed by atoms with Crippen molar-refractivity contribution in [3.63, 3.8) is 0 Å². The third-order valence-electron chi connectivity index (χ3n) is 5.57. The number of allylic oxidation sites excluding steroid dienone is 1. The standard InChI is InChI=1S/C28H31NO2/c1-20-12-11-13-21(2)28(20)25-18-27(22(3)29-19-25)31-23(4)26(30)17-10-6-9-16-24-14-7-5-8-15-24/h5,7-8,11-15,18-19H,4,6,9-10,16-17H2,1-3H3. The molecular formula is C28H31NO2. The maximum Gasteiger partial charge on any atom is 0.197 e. The monoisotopic (exact) mass is 413 g/mol. The molecule has 0 atom stereocenters. The van der Waals surface area contributed by atoms with E-state index in [2.05, 4.69) is 61.8 Å². The fraction of sp³-hybridized carbons (Fsp3) is 0.286.